The lowest BCUT2D eigenvalue weighted by atomic mass is 9.81. The number of nitrogens with zero attached hydrogens (tertiary/aromatic N) is 3. The fraction of sp³-hybridized carbons (Fsp3) is 0.600. The molecule has 2 aliphatic rings. The molecule has 27 heavy (non-hydrogen) atoms. The van der Waals surface area contributed by atoms with Crippen LogP contribution in [-0.2, 0) is 22.6 Å². The lowest BCUT2D eigenvalue weighted by Crippen LogP contribution is -2.50. The molecule has 0 amide bonds. The van der Waals surface area contributed by atoms with Gasteiger partial charge in [-0.3, -0.25) is 4.90 Å². The summed E-state index contributed by atoms with van der Waals surface area (Å²) in [6.07, 6.45) is 2.82. The highest BCUT2D eigenvalue weighted by Crippen LogP contribution is 2.43. The van der Waals surface area contributed by atoms with Gasteiger partial charge in [-0.1, -0.05) is 35.5 Å². The molecule has 2 fully saturated rings. The Balaban J connectivity index is 1.36. The Labute approximate surface area is 159 Å². The molecule has 146 valence electrons. The predicted octanol–water partition coefficient (Wildman–Crippen LogP) is 2.46. The van der Waals surface area contributed by atoms with E-state index >= 15 is 0 Å². The van der Waals surface area contributed by atoms with E-state index < -0.39 is 0 Å². The van der Waals surface area contributed by atoms with Crippen LogP contribution >= 0.6 is 0 Å². The van der Waals surface area contributed by atoms with Crippen LogP contribution in [0.25, 0.3) is 0 Å². The van der Waals surface area contributed by atoms with Crippen LogP contribution in [0.4, 0.5) is 0 Å². The number of methoxy groups -OCH3 is 1. The first-order valence-corrected chi connectivity index (χ1v) is 9.59. The number of aliphatic hydroxyl groups is 1. The molecule has 7 nitrogen and oxygen atoms in total. The van der Waals surface area contributed by atoms with Gasteiger partial charge in [-0.2, -0.15) is 4.98 Å². The van der Waals surface area contributed by atoms with E-state index in [0.29, 0.717) is 37.7 Å². The maximum atomic E-state index is 10.5. The highest BCUT2D eigenvalue weighted by atomic mass is 16.5. The molecule has 0 aliphatic carbocycles. The Bertz CT molecular complexity index is 728. The van der Waals surface area contributed by atoms with E-state index in [-0.39, 0.29) is 17.8 Å². The number of piperidine rings is 1. The van der Waals surface area contributed by atoms with Crippen molar-refractivity contribution < 1.29 is 19.1 Å². The molecular weight excluding hydrogens is 346 g/mol. The van der Waals surface area contributed by atoms with E-state index in [1.54, 1.807) is 7.11 Å². The molecule has 0 unspecified atom stereocenters. The molecule has 2 aromatic rings. The highest BCUT2D eigenvalue weighted by molar-refractivity contribution is 5.19. The summed E-state index contributed by atoms with van der Waals surface area (Å²) >= 11 is 0. The van der Waals surface area contributed by atoms with Gasteiger partial charge in [-0.15, -0.1) is 0 Å². The topological polar surface area (TPSA) is 80.9 Å². The van der Waals surface area contributed by atoms with Crippen LogP contribution in [0.3, 0.4) is 0 Å². The number of rotatable bonds is 5. The number of hydrogen-bond acceptors (Lipinski definition) is 7. The van der Waals surface area contributed by atoms with Crippen molar-refractivity contribution in [3.05, 3.63) is 47.6 Å². The van der Waals surface area contributed by atoms with Crippen LogP contribution in [-0.4, -0.2) is 52.1 Å². The van der Waals surface area contributed by atoms with Crippen molar-refractivity contribution in [1.82, 2.24) is 15.0 Å². The zero-order valence-corrected chi connectivity index (χ0v) is 15.7. The van der Waals surface area contributed by atoms with Crippen molar-refractivity contribution >= 4 is 0 Å². The van der Waals surface area contributed by atoms with Gasteiger partial charge in [-0.25, -0.2) is 0 Å². The van der Waals surface area contributed by atoms with E-state index in [0.717, 1.165) is 31.5 Å². The Kier molecular flexibility index (Phi) is 5.54. The Morgan fingerprint density at radius 3 is 2.78 bits per heavy atom. The van der Waals surface area contributed by atoms with Gasteiger partial charge in [0.25, 0.3) is 0 Å². The molecule has 4 rings (SSSR count). The second kappa shape index (κ2) is 8.06. The molecule has 0 radical (unpaired) electrons. The monoisotopic (exact) mass is 373 g/mol. The molecule has 2 saturated heterocycles. The molecule has 1 N–H and O–H groups in total. The molecule has 1 aromatic heterocycles. The Hall–Kier alpha value is -1.80. The molecule has 7 heteroatoms. The van der Waals surface area contributed by atoms with E-state index in [9.17, 15) is 5.11 Å². The van der Waals surface area contributed by atoms with E-state index in [1.807, 2.05) is 18.2 Å². The summed E-state index contributed by atoms with van der Waals surface area (Å²) in [5.41, 5.74) is 0.902. The van der Waals surface area contributed by atoms with Gasteiger partial charge < -0.3 is 19.1 Å². The van der Waals surface area contributed by atoms with Crippen LogP contribution in [0.5, 0.6) is 0 Å². The van der Waals surface area contributed by atoms with Crippen LogP contribution in [0.1, 0.15) is 49.1 Å². The van der Waals surface area contributed by atoms with Crippen molar-refractivity contribution in [3.8, 4) is 0 Å². The molecular formula is C20H27N3O4. The van der Waals surface area contributed by atoms with Gasteiger partial charge in [0.05, 0.1) is 24.4 Å². The first kappa shape index (κ1) is 18.6. The minimum absolute atomic E-state index is 0.0333. The van der Waals surface area contributed by atoms with Gasteiger partial charge in [0.15, 0.2) is 5.82 Å². The summed E-state index contributed by atoms with van der Waals surface area (Å²) in [6.45, 7) is 2.77. The molecule has 0 bridgehead atoms. The van der Waals surface area contributed by atoms with Gasteiger partial charge >= 0.3 is 0 Å². The maximum Gasteiger partial charge on any atom is 0.240 e. The van der Waals surface area contributed by atoms with E-state index in [2.05, 4.69) is 27.2 Å². The number of aliphatic hydroxyl groups excluding tert-OH is 1. The first-order valence-electron chi connectivity index (χ1n) is 9.59. The van der Waals surface area contributed by atoms with E-state index in [1.165, 1.54) is 0 Å². The third-order valence-electron chi connectivity index (χ3n) is 5.57. The summed E-state index contributed by atoms with van der Waals surface area (Å²) in [7, 11) is 1.61. The summed E-state index contributed by atoms with van der Waals surface area (Å²) in [5, 5.41) is 14.4. The zero-order valence-electron chi connectivity index (χ0n) is 15.7. The lowest BCUT2D eigenvalue weighted by molar-refractivity contribution is -0.185. The number of ether oxygens (including phenoxy) is 2. The smallest absolute Gasteiger partial charge is 0.240 e. The summed E-state index contributed by atoms with van der Waals surface area (Å²) < 4.78 is 16.9. The largest absolute Gasteiger partial charge is 0.393 e. The van der Waals surface area contributed by atoms with Crippen molar-refractivity contribution in [2.45, 2.75) is 56.6 Å². The van der Waals surface area contributed by atoms with Crippen LogP contribution < -0.4 is 0 Å². The van der Waals surface area contributed by atoms with E-state index in [4.69, 9.17) is 14.0 Å². The van der Waals surface area contributed by atoms with Crippen LogP contribution in [0.2, 0.25) is 0 Å². The summed E-state index contributed by atoms with van der Waals surface area (Å²) in [5.74, 6) is 1.19. The van der Waals surface area contributed by atoms with Gasteiger partial charge in [0.1, 0.15) is 6.61 Å². The highest BCUT2D eigenvalue weighted by Gasteiger charge is 2.43. The maximum absolute atomic E-state index is 10.5. The van der Waals surface area contributed by atoms with Crippen molar-refractivity contribution in [2.75, 3.05) is 20.2 Å². The Morgan fingerprint density at radius 1 is 1.26 bits per heavy atom. The molecule has 3 heterocycles. The average molecular weight is 373 g/mol. The number of hydrogen-bond donors (Lipinski definition) is 1. The van der Waals surface area contributed by atoms with Crippen molar-refractivity contribution in [2.24, 2.45) is 0 Å². The normalized spacial score (nSPS) is 25.7. The zero-order chi connectivity index (χ0) is 18.7. The molecule has 0 saturated carbocycles. The van der Waals surface area contributed by atoms with Crippen molar-refractivity contribution in [1.29, 1.82) is 0 Å². The number of likely N-dealkylation sites (tertiary alicyclic amines) is 1. The van der Waals surface area contributed by atoms with Gasteiger partial charge in [0, 0.05) is 33.0 Å². The fourth-order valence-electron chi connectivity index (χ4n) is 4.20. The van der Waals surface area contributed by atoms with Crippen LogP contribution in [0.15, 0.2) is 34.9 Å². The predicted molar refractivity (Wildman–Crippen MR) is 97.8 cm³/mol. The number of aromatic nitrogens is 2. The lowest BCUT2D eigenvalue weighted by Gasteiger charge is -2.47. The molecule has 1 aromatic carbocycles. The minimum Gasteiger partial charge on any atom is -0.393 e. The standard InChI is InChI=1S/C20H27N3O4/c1-25-14-18-21-19(27-22-18)13-23-9-7-20(8-10-23)12-16(24)11-17(26-20)15-5-3-2-4-6-15/h2-6,16-17,24H,7-14H2,1H3/t16-,17-/m1/s1. The third-order valence-corrected chi connectivity index (χ3v) is 5.57. The summed E-state index contributed by atoms with van der Waals surface area (Å²) in [6, 6.07) is 10.2. The average Bonchev–Trinajstić information content (AvgIpc) is 3.11. The first-order chi connectivity index (χ1) is 13.2. The molecule has 2 atom stereocenters. The summed E-state index contributed by atoms with van der Waals surface area (Å²) in [4.78, 5) is 6.65. The van der Waals surface area contributed by atoms with Crippen LogP contribution in [0, 0.1) is 0 Å². The second-order valence-corrected chi connectivity index (χ2v) is 7.61. The van der Waals surface area contributed by atoms with Crippen molar-refractivity contribution in [3.63, 3.8) is 0 Å². The minimum atomic E-state index is -0.317. The van der Waals surface area contributed by atoms with Gasteiger partial charge in [0.2, 0.25) is 5.89 Å². The molecule has 1 spiro atoms. The van der Waals surface area contributed by atoms with Gasteiger partial charge in [-0.05, 0) is 18.4 Å². The Morgan fingerprint density at radius 2 is 2.04 bits per heavy atom. The fourth-order valence-corrected chi connectivity index (χ4v) is 4.20. The third kappa shape index (κ3) is 4.38. The second-order valence-electron chi connectivity index (χ2n) is 7.61. The number of benzene rings is 1. The quantitative estimate of drug-likeness (QED) is 0.862. The SMILES string of the molecule is COCc1noc(CN2CCC3(CC2)C[C@H](O)C[C@H](c2ccccc2)O3)n1. The molecule has 2 aliphatic heterocycles.